The van der Waals surface area contributed by atoms with Crippen molar-refractivity contribution in [2.24, 2.45) is 0 Å². The van der Waals surface area contributed by atoms with Gasteiger partial charge in [-0.25, -0.2) is 4.79 Å². The van der Waals surface area contributed by atoms with E-state index in [9.17, 15) is 9.59 Å². The van der Waals surface area contributed by atoms with Gasteiger partial charge in [-0.2, -0.15) is 0 Å². The monoisotopic (exact) mass is 346 g/mol. The molecule has 0 aromatic heterocycles. The molecule has 126 valence electrons. The van der Waals surface area contributed by atoms with Gasteiger partial charge < -0.3 is 15.8 Å². The van der Waals surface area contributed by atoms with Gasteiger partial charge in [0, 0.05) is 16.4 Å². The van der Waals surface area contributed by atoms with Gasteiger partial charge in [0.25, 0.3) is 5.91 Å². The molecule has 0 bridgehead atoms. The van der Waals surface area contributed by atoms with E-state index in [0.29, 0.717) is 16.4 Å². The summed E-state index contributed by atoms with van der Waals surface area (Å²) in [6.07, 6.45) is 0. The number of rotatable bonds is 3. The number of ether oxygens (including phenoxy) is 1. The number of amides is 1. The van der Waals surface area contributed by atoms with E-state index in [-0.39, 0.29) is 11.1 Å². The lowest BCUT2D eigenvalue weighted by Gasteiger charge is -2.20. The Morgan fingerprint density at radius 2 is 1.67 bits per heavy atom. The molecular formula is C18H19ClN2O3. The summed E-state index contributed by atoms with van der Waals surface area (Å²) in [5.74, 6) is -1.03. The van der Waals surface area contributed by atoms with Crippen LogP contribution in [0.3, 0.4) is 0 Å². The lowest BCUT2D eigenvalue weighted by molar-refractivity contribution is 0.00679. The highest BCUT2D eigenvalue weighted by Crippen LogP contribution is 2.20. The summed E-state index contributed by atoms with van der Waals surface area (Å²) in [4.78, 5) is 24.9. The zero-order valence-corrected chi connectivity index (χ0v) is 14.5. The molecule has 0 radical (unpaired) electrons. The Kier molecular flexibility index (Phi) is 5.14. The highest BCUT2D eigenvalue weighted by Gasteiger charge is 2.23. The minimum absolute atomic E-state index is 0.122. The van der Waals surface area contributed by atoms with Gasteiger partial charge in [-0.15, -0.1) is 0 Å². The molecule has 0 saturated heterocycles. The standard InChI is InChI=1S/C18H19ClN2O3/c1-18(2,3)24-17(23)15-10-12(20)6-9-14(15)16(22)21-13-7-4-11(19)5-8-13/h4-10H,20H2,1-3H3,(H,21,22). The number of anilines is 2. The number of nitrogen functional groups attached to an aromatic ring is 1. The van der Waals surface area contributed by atoms with E-state index in [4.69, 9.17) is 22.1 Å². The Morgan fingerprint density at radius 3 is 2.25 bits per heavy atom. The van der Waals surface area contributed by atoms with Crippen molar-refractivity contribution in [1.82, 2.24) is 0 Å². The molecule has 1 amide bonds. The quantitative estimate of drug-likeness (QED) is 0.646. The summed E-state index contributed by atoms with van der Waals surface area (Å²) in [5.41, 5.74) is 6.32. The number of halogens is 1. The number of esters is 1. The van der Waals surface area contributed by atoms with E-state index in [1.54, 1.807) is 51.1 Å². The highest BCUT2D eigenvalue weighted by molar-refractivity contribution is 6.30. The average molecular weight is 347 g/mol. The predicted molar refractivity (Wildman–Crippen MR) is 95.4 cm³/mol. The molecular weight excluding hydrogens is 328 g/mol. The Hall–Kier alpha value is -2.53. The van der Waals surface area contributed by atoms with E-state index in [0.717, 1.165) is 0 Å². The molecule has 2 aromatic carbocycles. The number of nitrogens with two attached hydrogens (primary N) is 1. The fourth-order valence-corrected chi connectivity index (χ4v) is 2.12. The largest absolute Gasteiger partial charge is 0.456 e. The second-order valence-electron chi connectivity index (χ2n) is 6.27. The molecule has 0 saturated carbocycles. The maximum Gasteiger partial charge on any atom is 0.339 e. The van der Waals surface area contributed by atoms with Crippen molar-refractivity contribution in [2.75, 3.05) is 11.1 Å². The van der Waals surface area contributed by atoms with Gasteiger partial charge in [0.1, 0.15) is 5.60 Å². The zero-order chi connectivity index (χ0) is 17.9. The minimum atomic E-state index is -0.675. The van der Waals surface area contributed by atoms with Crippen LogP contribution in [0.1, 0.15) is 41.5 Å². The summed E-state index contributed by atoms with van der Waals surface area (Å²) < 4.78 is 5.34. The van der Waals surface area contributed by atoms with Crippen molar-refractivity contribution in [2.45, 2.75) is 26.4 Å². The van der Waals surface area contributed by atoms with Gasteiger partial charge in [-0.1, -0.05) is 11.6 Å². The van der Waals surface area contributed by atoms with Crippen molar-refractivity contribution in [3.05, 3.63) is 58.6 Å². The van der Waals surface area contributed by atoms with Gasteiger partial charge in [0.05, 0.1) is 11.1 Å². The number of carbonyl (C=O) groups is 2. The van der Waals surface area contributed by atoms with E-state index >= 15 is 0 Å². The van der Waals surface area contributed by atoms with Crippen LogP contribution in [0.2, 0.25) is 5.02 Å². The van der Waals surface area contributed by atoms with E-state index < -0.39 is 17.5 Å². The Bertz CT molecular complexity index is 765. The van der Waals surface area contributed by atoms with Gasteiger partial charge in [-0.05, 0) is 63.2 Å². The number of carbonyl (C=O) groups excluding carboxylic acids is 2. The molecule has 6 heteroatoms. The Labute approximate surface area is 145 Å². The predicted octanol–water partition coefficient (Wildman–Crippen LogP) is 4.13. The molecule has 0 fully saturated rings. The molecule has 24 heavy (non-hydrogen) atoms. The number of hydrogen-bond donors (Lipinski definition) is 2. The van der Waals surface area contributed by atoms with Crippen molar-refractivity contribution >= 4 is 34.9 Å². The first kappa shape index (κ1) is 17.8. The molecule has 0 spiro atoms. The molecule has 0 aliphatic heterocycles. The van der Waals surface area contributed by atoms with Gasteiger partial charge in [0.15, 0.2) is 0 Å². The fraction of sp³-hybridized carbons (Fsp3) is 0.222. The summed E-state index contributed by atoms with van der Waals surface area (Å²) in [6.45, 7) is 5.26. The molecule has 0 unspecified atom stereocenters. The normalized spacial score (nSPS) is 11.0. The van der Waals surface area contributed by atoms with E-state index in [1.807, 2.05) is 0 Å². The van der Waals surface area contributed by atoms with E-state index in [1.165, 1.54) is 12.1 Å². The van der Waals surface area contributed by atoms with Crippen LogP contribution in [0.5, 0.6) is 0 Å². The van der Waals surface area contributed by atoms with Crippen molar-refractivity contribution < 1.29 is 14.3 Å². The van der Waals surface area contributed by atoms with Crippen LogP contribution < -0.4 is 11.1 Å². The molecule has 0 atom stereocenters. The Balaban J connectivity index is 2.30. The lowest BCUT2D eigenvalue weighted by atomic mass is 10.0. The topological polar surface area (TPSA) is 81.4 Å². The van der Waals surface area contributed by atoms with E-state index in [2.05, 4.69) is 5.32 Å². The average Bonchev–Trinajstić information content (AvgIpc) is 2.47. The van der Waals surface area contributed by atoms with Crippen LogP contribution in [0.15, 0.2) is 42.5 Å². The zero-order valence-electron chi connectivity index (χ0n) is 13.7. The maximum absolute atomic E-state index is 12.5. The van der Waals surface area contributed by atoms with Crippen LogP contribution in [0, 0.1) is 0 Å². The first-order valence-electron chi connectivity index (χ1n) is 7.35. The summed E-state index contributed by atoms with van der Waals surface area (Å²) in [5, 5.41) is 3.28. The first-order valence-corrected chi connectivity index (χ1v) is 7.73. The molecule has 0 aliphatic rings. The fourth-order valence-electron chi connectivity index (χ4n) is 1.99. The third kappa shape index (κ3) is 4.73. The number of benzene rings is 2. The van der Waals surface area contributed by atoms with Crippen LogP contribution in [0.4, 0.5) is 11.4 Å². The minimum Gasteiger partial charge on any atom is -0.456 e. The van der Waals surface area contributed by atoms with Crippen LogP contribution in [0.25, 0.3) is 0 Å². The SMILES string of the molecule is CC(C)(C)OC(=O)c1cc(N)ccc1C(=O)Nc1ccc(Cl)cc1. The van der Waals surface area contributed by atoms with Crippen molar-refractivity contribution in [3.63, 3.8) is 0 Å². The molecule has 0 aliphatic carbocycles. The second kappa shape index (κ2) is 6.93. The summed E-state index contributed by atoms with van der Waals surface area (Å²) in [6, 6.07) is 11.2. The summed E-state index contributed by atoms with van der Waals surface area (Å²) >= 11 is 5.82. The maximum atomic E-state index is 12.5. The second-order valence-corrected chi connectivity index (χ2v) is 6.70. The van der Waals surface area contributed by atoms with Gasteiger partial charge in [-0.3, -0.25) is 4.79 Å². The van der Waals surface area contributed by atoms with Crippen LogP contribution in [-0.2, 0) is 4.74 Å². The summed E-state index contributed by atoms with van der Waals surface area (Å²) in [7, 11) is 0. The Morgan fingerprint density at radius 1 is 1.04 bits per heavy atom. The molecule has 2 aromatic rings. The molecule has 2 rings (SSSR count). The smallest absolute Gasteiger partial charge is 0.339 e. The first-order chi connectivity index (χ1) is 11.2. The number of hydrogen-bond acceptors (Lipinski definition) is 4. The molecule has 0 heterocycles. The highest BCUT2D eigenvalue weighted by atomic mass is 35.5. The van der Waals surface area contributed by atoms with Crippen molar-refractivity contribution in [1.29, 1.82) is 0 Å². The molecule has 5 nitrogen and oxygen atoms in total. The van der Waals surface area contributed by atoms with Crippen molar-refractivity contribution in [3.8, 4) is 0 Å². The van der Waals surface area contributed by atoms with Gasteiger partial charge in [0.2, 0.25) is 0 Å². The van der Waals surface area contributed by atoms with Crippen LogP contribution >= 0.6 is 11.6 Å². The third-order valence-corrected chi connectivity index (χ3v) is 3.26. The van der Waals surface area contributed by atoms with Crippen LogP contribution in [-0.4, -0.2) is 17.5 Å². The molecule has 3 N–H and O–H groups in total. The lowest BCUT2D eigenvalue weighted by Crippen LogP contribution is -2.26. The third-order valence-electron chi connectivity index (χ3n) is 3.01. The number of nitrogens with one attached hydrogen (secondary N) is 1. The van der Waals surface area contributed by atoms with Gasteiger partial charge >= 0.3 is 5.97 Å².